The summed E-state index contributed by atoms with van der Waals surface area (Å²) in [6.45, 7) is 0.186. The number of aromatic nitrogens is 2. The van der Waals surface area contributed by atoms with E-state index in [4.69, 9.17) is 9.47 Å². The minimum absolute atomic E-state index is 0.186. The molecule has 1 unspecified atom stereocenters. The van der Waals surface area contributed by atoms with Gasteiger partial charge in [0, 0.05) is 22.0 Å². The minimum Gasteiger partial charge on any atom is -0.454 e. The molecule has 2 N–H and O–H groups in total. The molecular weight excluding hydrogens is 532 g/mol. The summed E-state index contributed by atoms with van der Waals surface area (Å²) in [4.78, 5) is 26.0. The standard InChI is InChI=1S/C25H19BrN4O4S/c26-18-9-6-16(7-10-18)22(31)27-19(12-15-4-2-1-3-5-15)23(32)28-25-30-29-24(35-25)17-8-11-20-21(13-17)34-14-33-20/h1-11,13,19H,12,14H2,(H,27,31)(H,28,30,32). The Labute approximate surface area is 213 Å². The van der Waals surface area contributed by atoms with Gasteiger partial charge in [-0.05, 0) is 48.0 Å². The van der Waals surface area contributed by atoms with Crippen molar-refractivity contribution >= 4 is 44.2 Å². The predicted molar refractivity (Wildman–Crippen MR) is 136 cm³/mol. The zero-order chi connectivity index (χ0) is 24.2. The number of amides is 2. The number of rotatable bonds is 7. The zero-order valence-electron chi connectivity index (χ0n) is 18.2. The molecule has 0 saturated carbocycles. The Balaban J connectivity index is 1.32. The van der Waals surface area contributed by atoms with Gasteiger partial charge in [-0.25, -0.2) is 0 Å². The van der Waals surface area contributed by atoms with E-state index in [9.17, 15) is 9.59 Å². The van der Waals surface area contributed by atoms with Gasteiger partial charge in [-0.1, -0.05) is 57.6 Å². The van der Waals surface area contributed by atoms with Crippen LogP contribution in [0.25, 0.3) is 10.6 Å². The Hall–Kier alpha value is -3.76. The maximum atomic E-state index is 13.2. The quantitative estimate of drug-likeness (QED) is 0.346. The van der Waals surface area contributed by atoms with Crippen LogP contribution in [0.4, 0.5) is 5.13 Å². The van der Waals surface area contributed by atoms with Crippen molar-refractivity contribution in [2.45, 2.75) is 12.5 Å². The molecule has 1 aliphatic heterocycles. The highest BCUT2D eigenvalue weighted by molar-refractivity contribution is 9.10. The molecule has 1 atom stereocenters. The lowest BCUT2D eigenvalue weighted by Gasteiger charge is -2.18. The molecule has 0 fully saturated rings. The fraction of sp³-hybridized carbons (Fsp3) is 0.120. The van der Waals surface area contributed by atoms with E-state index >= 15 is 0 Å². The van der Waals surface area contributed by atoms with E-state index in [1.165, 1.54) is 11.3 Å². The molecule has 3 aromatic carbocycles. The van der Waals surface area contributed by atoms with Gasteiger partial charge < -0.3 is 14.8 Å². The number of anilines is 1. The first kappa shape index (κ1) is 23.0. The lowest BCUT2D eigenvalue weighted by Crippen LogP contribution is -2.45. The second kappa shape index (κ2) is 10.2. The average molecular weight is 551 g/mol. The van der Waals surface area contributed by atoms with Gasteiger partial charge in [0.15, 0.2) is 11.5 Å². The Bertz CT molecular complexity index is 1360. The summed E-state index contributed by atoms with van der Waals surface area (Å²) in [7, 11) is 0. The highest BCUT2D eigenvalue weighted by atomic mass is 79.9. The topological polar surface area (TPSA) is 102 Å². The Morgan fingerprint density at radius 3 is 2.54 bits per heavy atom. The van der Waals surface area contributed by atoms with Gasteiger partial charge in [-0.15, -0.1) is 10.2 Å². The largest absolute Gasteiger partial charge is 0.454 e. The number of nitrogens with zero attached hydrogens (tertiary/aromatic N) is 2. The van der Waals surface area contributed by atoms with Crippen molar-refractivity contribution in [1.82, 2.24) is 15.5 Å². The van der Waals surface area contributed by atoms with Gasteiger partial charge in [0.25, 0.3) is 5.91 Å². The molecule has 2 amide bonds. The molecule has 2 heterocycles. The highest BCUT2D eigenvalue weighted by Crippen LogP contribution is 2.37. The summed E-state index contributed by atoms with van der Waals surface area (Å²) in [5.74, 6) is 0.596. The van der Waals surface area contributed by atoms with Crippen LogP contribution in [0.1, 0.15) is 15.9 Å². The fourth-order valence-electron chi connectivity index (χ4n) is 3.51. The van der Waals surface area contributed by atoms with Gasteiger partial charge in [-0.3, -0.25) is 14.9 Å². The van der Waals surface area contributed by atoms with Crippen molar-refractivity contribution in [3.63, 3.8) is 0 Å². The molecule has 5 rings (SSSR count). The minimum atomic E-state index is -0.813. The molecular formula is C25H19BrN4O4S. The Kier molecular flexibility index (Phi) is 6.73. The number of carbonyl (C=O) groups excluding carboxylic acids is 2. The fourth-order valence-corrected chi connectivity index (χ4v) is 4.52. The van der Waals surface area contributed by atoms with E-state index in [2.05, 4.69) is 36.8 Å². The molecule has 10 heteroatoms. The number of ether oxygens (including phenoxy) is 2. The lowest BCUT2D eigenvalue weighted by atomic mass is 10.0. The third-order valence-corrected chi connectivity index (χ3v) is 6.70. The summed E-state index contributed by atoms with van der Waals surface area (Å²) in [6, 6.07) is 21.1. The molecule has 0 aliphatic carbocycles. The summed E-state index contributed by atoms with van der Waals surface area (Å²) >= 11 is 4.59. The van der Waals surface area contributed by atoms with Gasteiger partial charge in [-0.2, -0.15) is 0 Å². The summed E-state index contributed by atoms with van der Waals surface area (Å²) in [5.41, 5.74) is 2.18. The molecule has 8 nitrogen and oxygen atoms in total. The number of benzene rings is 3. The zero-order valence-corrected chi connectivity index (χ0v) is 20.6. The van der Waals surface area contributed by atoms with Gasteiger partial charge in [0.05, 0.1) is 0 Å². The maximum Gasteiger partial charge on any atom is 0.251 e. The van der Waals surface area contributed by atoms with Crippen molar-refractivity contribution in [2.75, 3.05) is 12.1 Å². The molecule has 0 bridgehead atoms. The number of nitrogens with one attached hydrogen (secondary N) is 2. The molecule has 35 heavy (non-hydrogen) atoms. The summed E-state index contributed by atoms with van der Waals surface area (Å²) < 4.78 is 11.6. The van der Waals surface area contributed by atoms with Crippen molar-refractivity contribution in [3.05, 3.63) is 88.4 Å². The van der Waals surface area contributed by atoms with Crippen LogP contribution in [0, 0.1) is 0 Å². The number of fused-ring (bicyclic) bond motifs is 1. The molecule has 4 aromatic rings. The monoisotopic (exact) mass is 550 g/mol. The van der Waals surface area contributed by atoms with Gasteiger partial charge in [0.1, 0.15) is 11.0 Å². The van der Waals surface area contributed by atoms with E-state index in [-0.39, 0.29) is 18.6 Å². The molecule has 0 spiro atoms. The van der Waals surface area contributed by atoms with Gasteiger partial charge in [0.2, 0.25) is 17.8 Å². The maximum absolute atomic E-state index is 13.2. The summed E-state index contributed by atoms with van der Waals surface area (Å²) in [5, 5.41) is 14.9. The van der Waals surface area contributed by atoms with Crippen molar-refractivity contribution in [3.8, 4) is 22.1 Å². The highest BCUT2D eigenvalue weighted by Gasteiger charge is 2.24. The molecule has 0 radical (unpaired) electrons. The average Bonchev–Trinajstić information content (AvgIpc) is 3.53. The third-order valence-electron chi connectivity index (χ3n) is 5.29. The van der Waals surface area contributed by atoms with Crippen LogP contribution in [0.5, 0.6) is 11.5 Å². The van der Waals surface area contributed by atoms with Crippen LogP contribution >= 0.6 is 27.3 Å². The number of halogens is 1. The predicted octanol–water partition coefficient (Wildman–Crippen LogP) is 4.68. The number of hydrogen-bond donors (Lipinski definition) is 2. The molecule has 0 saturated heterocycles. The number of carbonyl (C=O) groups is 2. The smallest absolute Gasteiger partial charge is 0.251 e. The van der Waals surface area contributed by atoms with E-state index in [0.717, 1.165) is 15.6 Å². The van der Waals surface area contributed by atoms with Crippen LogP contribution in [0.2, 0.25) is 0 Å². The van der Waals surface area contributed by atoms with Crippen molar-refractivity contribution in [1.29, 1.82) is 0 Å². The Morgan fingerprint density at radius 1 is 0.971 bits per heavy atom. The molecule has 1 aliphatic rings. The van der Waals surface area contributed by atoms with Crippen LogP contribution < -0.4 is 20.1 Å². The van der Waals surface area contributed by atoms with Gasteiger partial charge >= 0.3 is 0 Å². The normalized spacial score (nSPS) is 12.7. The second-order valence-electron chi connectivity index (χ2n) is 7.69. The SMILES string of the molecule is O=C(NC(Cc1ccccc1)C(=O)Nc1nnc(-c2ccc3c(c2)OCO3)s1)c1ccc(Br)cc1. The first-order valence-electron chi connectivity index (χ1n) is 10.7. The van der Waals surface area contributed by atoms with Crippen LogP contribution in [-0.2, 0) is 11.2 Å². The second-order valence-corrected chi connectivity index (χ2v) is 9.59. The van der Waals surface area contributed by atoms with E-state index in [0.29, 0.717) is 33.6 Å². The first-order chi connectivity index (χ1) is 17.0. The van der Waals surface area contributed by atoms with Crippen LogP contribution in [0.15, 0.2) is 77.3 Å². The van der Waals surface area contributed by atoms with Crippen molar-refractivity contribution in [2.24, 2.45) is 0 Å². The molecule has 1 aromatic heterocycles. The van der Waals surface area contributed by atoms with Crippen LogP contribution in [-0.4, -0.2) is 34.8 Å². The van der Waals surface area contributed by atoms with E-state index in [1.807, 2.05) is 48.5 Å². The number of hydrogen-bond acceptors (Lipinski definition) is 7. The third kappa shape index (κ3) is 5.50. The Morgan fingerprint density at radius 2 is 1.74 bits per heavy atom. The lowest BCUT2D eigenvalue weighted by molar-refractivity contribution is -0.118. The van der Waals surface area contributed by atoms with Crippen molar-refractivity contribution < 1.29 is 19.1 Å². The van der Waals surface area contributed by atoms with Crippen LogP contribution in [0.3, 0.4) is 0 Å². The molecule has 176 valence electrons. The van der Waals surface area contributed by atoms with E-state index in [1.54, 1.807) is 24.3 Å². The van der Waals surface area contributed by atoms with E-state index < -0.39 is 6.04 Å². The summed E-state index contributed by atoms with van der Waals surface area (Å²) in [6.07, 6.45) is 0.322. The first-order valence-corrected chi connectivity index (χ1v) is 12.3.